The van der Waals surface area contributed by atoms with E-state index in [1.165, 1.54) is 18.2 Å². The van der Waals surface area contributed by atoms with Crippen LogP contribution in [-0.4, -0.2) is 16.7 Å². The Morgan fingerprint density at radius 1 is 1.38 bits per heavy atom. The van der Waals surface area contributed by atoms with Crippen LogP contribution < -0.4 is 5.73 Å². The van der Waals surface area contributed by atoms with Crippen molar-refractivity contribution in [1.82, 2.24) is 10.2 Å². The predicted molar refractivity (Wildman–Crippen MR) is 57.5 cm³/mol. The van der Waals surface area contributed by atoms with Gasteiger partial charge in [-0.15, -0.1) is 10.2 Å². The van der Waals surface area contributed by atoms with Crippen molar-refractivity contribution in [3.63, 3.8) is 0 Å². The molecule has 1 aromatic heterocycles. The summed E-state index contributed by atoms with van der Waals surface area (Å²) < 4.78 is 18.1. The maximum Gasteiger partial charge on any atom is 0.249 e. The van der Waals surface area contributed by atoms with Crippen molar-refractivity contribution in [2.24, 2.45) is 5.73 Å². The minimum Gasteiger partial charge on any atom is -0.421 e. The molecule has 0 radical (unpaired) electrons. The highest BCUT2D eigenvalue weighted by molar-refractivity contribution is 6.33. The molecular formula is C10H9ClFN3O. The maximum absolute atomic E-state index is 12.8. The first-order valence-corrected chi connectivity index (χ1v) is 5.06. The molecule has 2 rings (SSSR count). The van der Waals surface area contributed by atoms with Crippen molar-refractivity contribution < 1.29 is 8.81 Å². The standard InChI is InChI=1S/C10H9ClFN3O/c11-8-5-6(12)1-2-7(8)10-15-14-9(16-10)3-4-13/h1-2,5H,3-4,13H2. The second-order valence-electron chi connectivity index (χ2n) is 3.16. The molecule has 0 unspecified atom stereocenters. The van der Waals surface area contributed by atoms with Gasteiger partial charge >= 0.3 is 0 Å². The fraction of sp³-hybridized carbons (Fsp3) is 0.200. The van der Waals surface area contributed by atoms with Crippen LogP contribution in [-0.2, 0) is 6.42 Å². The lowest BCUT2D eigenvalue weighted by atomic mass is 10.2. The van der Waals surface area contributed by atoms with Crippen LogP contribution in [0.15, 0.2) is 22.6 Å². The van der Waals surface area contributed by atoms with E-state index in [4.69, 9.17) is 21.8 Å². The highest BCUT2D eigenvalue weighted by Crippen LogP contribution is 2.27. The summed E-state index contributed by atoms with van der Waals surface area (Å²) in [5.74, 6) is 0.307. The van der Waals surface area contributed by atoms with Gasteiger partial charge in [-0.25, -0.2) is 4.39 Å². The molecule has 2 N–H and O–H groups in total. The fourth-order valence-corrected chi connectivity index (χ4v) is 1.50. The third kappa shape index (κ3) is 2.20. The molecule has 1 heterocycles. The van der Waals surface area contributed by atoms with Gasteiger partial charge in [-0.1, -0.05) is 11.6 Å². The average Bonchev–Trinajstić information content (AvgIpc) is 2.67. The first-order chi connectivity index (χ1) is 7.70. The molecule has 0 fully saturated rings. The number of aromatic nitrogens is 2. The van der Waals surface area contributed by atoms with Gasteiger partial charge in [-0.05, 0) is 18.2 Å². The van der Waals surface area contributed by atoms with Crippen molar-refractivity contribution in [1.29, 1.82) is 0 Å². The lowest BCUT2D eigenvalue weighted by molar-refractivity contribution is 0.507. The number of hydrogen-bond acceptors (Lipinski definition) is 4. The summed E-state index contributed by atoms with van der Waals surface area (Å²) in [6.45, 7) is 0.429. The highest BCUT2D eigenvalue weighted by atomic mass is 35.5. The Morgan fingerprint density at radius 3 is 2.88 bits per heavy atom. The van der Waals surface area contributed by atoms with Crippen LogP contribution >= 0.6 is 11.6 Å². The molecule has 0 saturated heterocycles. The van der Waals surface area contributed by atoms with Crippen molar-refractivity contribution in [2.75, 3.05) is 6.54 Å². The van der Waals surface area contributed by atoms with Gasteiger partial charge in [0.15, 0.2) is 0 Å². The Kier molecular flexibility index (Phi) is 3.17. The SMILES string of the molecule is NCCc1nnc(-c2ccc(F)cc2Cl)o1. The van der Waals surface area contributed by atoms with Crippen molar-refractivity contribution in [2.45, 2.75) is 6.42 Å². The summed E-state index contributed by atoms with van der Waals surface area (Å²) in [5.41, 5.74) is 5.87. The molecule has 0 atom stereocenters. The molecule has 4 nitrogen and oxygen atoms in total. The zero-order valence-electron chi connectivity index (χ0n) is 8.28. The number of halogens is 2. The van der Waals surface area contributed by atoms with Crippen LogP contribution in [0.5, 0.6) is 0 Å². The molecule has 0 spiro atoms. The zero-order chi connectivity index (χ0) is 11.5. The third-order valence-corrected chi connectivity index (χ3v) is 2.30. The Morgan fingerprint density at radius 2 is 2.19 bits per heavy atom. The Bertz CT molecular complexity index is 501. The van der Waals surface area contributed by atoms with E-state index in [-0.39, 0.29) is 10.9 Å². The summed E-state index contributed by atoms with van der Waals surface area (Å²) in [6, 6.07) is 3.98. The number of benzene rings is 1. The molecule has 1 aromatic carbocycles. The van der Waals surface area contributed by atoms with Crippen LogP contribution in [0.25, 0.3) is 11.5 Å². The van der Waals surface area contributed by atoms with Gasteiger partial charge in [0.1, 0.15) is 5.82 Å². The molecule has 0 bridgehead atoms. The number of hydrogen-bond donors (Lipinski definition) is 1. The van der Waals surface area contributed by atoms with Crippen molar-refractivity contribution in [3.05, 3.63) is 34.9 Å². The molecule has 84 valence electrons. The summed E-state index contributed by atoms with van der Waals surface area (Å²) >= 11 is 5.86. The van der Waals surface area contributed by atoms with Gasteiger partial charge in [0.2, 0.25) is 11.8 Å². The molecule has 0 saturated carbocycles. The van der Waals surface area contributed by atoms with E-state index in [1.807, 2.05) is 0 Å². The second kappa shape index (κ2) is 4.59. The first kappa shape index (κ1) is 11.0. The number of rotatable bonds is 3. The van der Waals surface area contributed by atoms with E-state index in [2.05, 4.69) is 10.2 Å². The summed E-state index contributed by atoms with van der Waals surface area (Å²) in [5, 5.41) is 7.85. The minimum absolute atomic E-state index is 0.239. The lowest BCUT2D eigenvalue weighted by Crippen LogP contribution is -2.02. The van der Waals surface area contributed by atoms with Gasteiger partial charge in [-0.2, -0.15) is 0 Å². The Balaban J connectivity index is 2.35. The minimum atomic E-state index is -0.407. The largest absolute Gasteiger partial charge is 0.421 e. The molecule has 0 aliphatic heterocycles. The Labute approximate surface area is 96.2 Å². The van der Waals surface area contributed by atoms with Gasteiger partial charge in [0, 0.05) is 13.0 Å². The number of nitrogens with zero attached hydrogens (tertiary/aromatic N) is 2. The smallest absolute Gasteiger partial charge is 0.249 e. The van der Waals surface area contributed by atoms with Gasteiger partial charge in [-0.3, -0.25) is 0 Å². The molecular weight excluding hydrogens is 233 g/mol. The van der Waals surface area contributed by atoms with Gasteiger partial charge in [0.05, 0.1) is 10.6 Å². The van der Waals surface area contributed by atoms with E-state index >= 15 is 0 Å². The molecule has 0 amide bonds. The number of nitrogens with two attached hydrogens (primary N) is 1. The van der Waals surface area contributed by atoms with Gasteiger partial charge < -0.3 is 10.2 Å². The monoisotopic (exact) mass is 241 g/mol. The van der Waals surface area contributed by atoms with E-state index < -0.39 is 5.82 Å². The molecule has 16 heavy (non-hydrogen) atoms. The maximum atomic E-state index is 12.8. The summed E-state index contributed by atoms with van der Waals surface area (Å²) in [6.07, 6.45) is 0.506. The lowest BCUT2D eigenvalue weighted by Gasteiger charge is -1.98. The second-order valence-corrected chi connectivity index (χ2v) is 3.57. The van der Waals surface area contributed by atoms with Crippen LogP contribution in [0.4, 0.5) is 4.39 Å². The van der Waals surface area contributed by atoms with Crippen molar-refractivity contribution in [3.8, 4) is 11.5 Å². The molecule has 0 aliphatic rings. The zero-order valence-corrected chi connectivity index (χ0v) is 9.04. The molecule has 6 heteroatoms. The molecule has 0 aliphatic carbocycles. The van der Waals surface area contributed by atoms with E-state index in [0.717, 1.165) is 0 Å². The predicted octanol–water partition coefficient (Wildman–Crippen LogP) is 2.03. The van der Waals surface area contributed by atoms with Crippen LogP contribution in [0, 0.1) is 5.82 Å². The fourth-order valence-electron chi connectivity index (χ4n) is 1.25. The van der Waals surface area contributed by atoms with Crippen molar-refractivity contribution >= 4 is 11.6 Å². The summed E-state index contributed by atoms with van der Waals surface area (Å²) in [4.78, 5) is 0. The third-order valence-electron chi connectivity index (χ3n) is 1.99. The quantitative estimate of drug-likeness (QED) is 0.893. The highest BCUT2D eigenvalue weighted by Gasteiger charge is 2.11. The van der Waals surface area contributed by atoms with Crippen LogP contribution in [0.1, 0.15) is 5.89 Å². The van der Waals surface area contributed by atoms with Gasteiger partial charge in [0.25, 0.3) is 0 Å². The molecule has 2 aromatic rings. The van der Waals surface area contributed by atoms with Crippen LogP contribution in [0.2, 0.25) is 5.02 Å². The first-order valence-electron chi connectivity index (χ1n) is 4.68. The Hall–Kier alpha value is -1.46. The normalized spacial score (nSPS) is 10.7. The average molecular weight is 242 g/mol. The summed E-state index contributed by atoms with van der Waals surface area (Å²) in [7, 11) is 0. The van der Waals surface area contributed by atoms with E-state index in [9.17, 15) is 4.39 Å². The van der Waals surface area contributed by atoms with E-state index in [0.29, 0.717) is 24.4 Å². The topological polar surface area (TPSA) is 64.9 Å². The van der Waals surface area contributed by atoms with E-state index in [1.54, 1.807) is 0 Å². The van der Waals surface area contributed by atoms with Crippen LogP contribution in [0.3, 0.4) is 0 Å².